The predicted octanol–water partition coefficient (Wildman–Crippen LogP) is 2.63. The summed E-state index contributed by atoms with van der Waals surface area (Å²) in [6, 6.07) is 4.96. The highest BCUT2D eigenvalue weighted by Crippen LogP contribution is 2.20. The van der Waals surface area contributed by atoms with Gasteiger partial charge in [-0.15, -0.1) is 0 Å². The van der Waals surface area contributed by atoms with Gasteiger partial charge in [-0.1, -0.05) is 6.07 Å². The Kier molecular flexibility index (Phi) is 2.81. The minimum atomic E-state index is -0.198. The van der Waals surface area contributed by atoms with Crippen LogP contribution in [0.1, 0.15) is 5.56 Å². The van der Waals surface area contributed by atoms with E-state index >= 15 is 0 Å². The maximum Gasteiger partial charge on any atom is 0.222 e. The number of benzene rings is 1. The highest BCUT2D eigenvalue weighted by molar-refractivity contribution is 5.62. The summed E-state index contributed by atoms with van der Waals surface area (Å²) in [7, 11) is 1.76. The van der Waals surface area contributed by atoms with E-state index in [1.807, 2.05) is 0 Å². The molecule has 0 saturated heterocycles. The number of nitrogens with zero attached hydrogens (tertiary/aromatic N) is 2. The summed E-state index contributed by atoms with van der Waals surface area (Å²) in [6.07, 6.45) is 3.43. The van der Waals surface area contributed by atoms with Crippen LogP contribution in [0.2, 0.25) is 0 Å². The third-order valence-corrected chi connectivity index (χ3v) is 2.37. The van der Waals surface area contributed by atoms with Gasteiger partial charge in [0.05, 0.1) is 0 Å². The third-order valence-electron chi connectivity index (χ3n) is 2.37. The number of hydrogen-bond acceptors (Lipinski definition) is 3. The molecule has 1 heterocycles. The molecule has 2 aromatic rings. The van der Waals surface area contributed by atoms with Crippen LogP contribution in [-0.2, 0) is 0 Å². The van der Waals surface area contributed by atoms with Crippen LogP contribution < -0.4 is 5.32 Å². The Hall–Kier alpha value is -1.97. The van der Waals surface area contributed by atoms with Crippen molar-refractivity contribution in [2.75, 3.05) is 12.4 Å². The SMILES string of the molecule is CNc1ncc(-c2ccc(F)c(C)c2)cn1. The van der Waals surface area contributed by atoms with Gasteiger partial charge < -0.3 is 5.32 Å². The highest BCUT2D eigenvalue weighted by Gasteiger charge is 2.02. The van der Waals surface area contributed by atoms with Crippen LogP contribution in [0.5, 0.6) is 0 Å². The first-order chi connectivity index (χ1) is 7.70. The predicted molar refractivity (Wildman–Crippen MR) is 61.7 cm³/mol. The highest BCUT2D eigenvalue weighted by atomic mass is 19.1. The van der Waals surface area contributed by atoms with E-state index in [9.17, 15) is 4.39 Å². The number of nitrogens with one attached hydrogen (secondary N) is 1. The molecule has 3 nitrogen and oxygen atoms in total. The van der Waals surface area contributed by atoms with Crippen molar-refractivity contribution in [2.45, 2.75) is 6.92 Å². The fraction of sp³-hybridized carbons (Fsp3) is 0.167. The van der Waals surface area contributed by atoms with E-state index in [-0.39, 0.29) is 5.82 Å². The molecule has 0 unspecified atom stereocenters. The number of aryl methyl sites for hydroxylation is 1. The van der Waals surface area contributed by atoms with Crippen LogP contribution in [0, 0.1) is 12.7 Å². The second-order valence-corrected chi connectivity index (χ2v) is 3.51. The molecule has 82 valence electrons. The molecule has 0 saturated carbocycles. The summed E-state index contributed by atoms with van der Waals surface area (Å²) >= 11 is 0. The molecule has 1 N–H and O–H groups in total. The Morgan fingerprint density at radius 3 is 2.38 bits per heavy atom. The van der Waals surface area contributed by atoms with Crippen molar-refractivity contribution < 1.29 is 4.39 Å². The fourth-order valence-electron chi connectivity index (χ4n) is 1.43. The molecule has 0 radical (unpaired) electrons. The van der Waals surface area contributed by atoms with E-state index in [0.717, 1.165) is 11.1 Å². The molecule has 16 heavy (non-hydrogen) atoms. The molecule has 0 bridgehead atoms. The first-order valence-corrected chi connectivity index (χ1v) is 4.97. The smallest absolute Gasteiger partial charge is 0.222 e. The molecule has 0 atom stereocenters. The molecule has 0 amide bonds. The van der Waals surface area contributed by atoms with Gasteiger partial charge >= 0.3 is 0 Å². The molecule has 1 aromatic heterocycles. The van der Waals surface area contributed by atoms with Crippen LogP contribution in [0.3, 0.4) is 0 Å². The van der Waals surface area contributed by atoms with Crippen LogP contribution in [0.4, 0.5) is 10.3 Å². The molecular weight excluding hydrogens is 205 g/mol. The molecule has 4 heteroatoms. The van der Waals surface area contributed by atoms with Crippen molar-refractivity contribution in [2.24, 2.45) is 0 Å². The van der Waals surface area contributed by atoms with E-state index in [2.05, 4.69) is 15.3 Å². The second kappa shape index (κ2) is 4.26. The lowest BCUT2D eigenvalue weighted by molar-refractivity contribution is 0.619. The van der Waals surface area contributed by atoms with Gasteiger partial charge in [0.2, 0.25) is 5.95 Å². The zero-order valence-electron chi connectivity index (χ0n) is 9.16. The van der Waals surface area contributed by atoms with Gasteiger partial charge in [0.15, 0.2) is 0 Å². The molecule has 0 aliphatic carbocycles. The molecule has 2 rings (SSSR count). The van der Waals surface area contributed by atoms with Gasteiger partial charge in [-0.25, -0.2) is 14.4 Å². The zero-order chi connectivity index (χ0) is 11.5. The van der Waals surface area contributed by atoms with Crippen molar-refractivity contribution in [3.05, 3.63) is 42.0 Å². The van der Waals surface area contributed by atoms with Crippen molar-refractivity contribution in [1.82, 2.24) is 9.97 Å². The number of anilines is 1. The fourth-order valence-corrected chi connectivity index (χ4v) is 1.43. The van der Waals surface area contributed by atoms with Gasteiger partial charge in [-0.2, -0.15) is 0 Å². The zero-order valence-corrected chi connectivity index (χ0v) is 9.16. The van der Waals surface area contributed by atoms with Crippen LogP contribution in [0.15, 0.2) is 30.6 Å². The minimum Gasteiger partial charge on any atom is -0.357 e. The first kappa shape index (κ1) is 10.5. The topological polar surface area (TPSA) is 37.8 Å². The molecule has 0 spiro atoms. The Morgan fingerprint density at radius 2 is 1.81 bits per heavy atom. The van der Waals surface area contributed by atoms with Crippen LogP contribution >= 0.6 is 0 Å². The Balaban J connectivity index is 2.38. The number of rotatable bonds is 2. The quantitative estimate of drug-likeness (QED) is 0.840. The normalized spacial score (nSPS) is 10.2. The first-order valence-electron chi connectivity index (χ1n) is 4.97. The average molecular weight is 217 g/mol. The van der Waals surface area contributed by atoms with E-state index in [1.165, 1.54) is 6.07 Å². The largest absolute Gasteiger partial charge is 0.357 e. The lowest BCUT2D eigenvalue weighted by Gasteiger charge is -2.04. The summed E-state index contributed by atoms with van der Waals surface area (Å²) in [6.45, 7) is 1.74. The lowest BCUT2D eigenvalue weighted by Crippen LogP contribution is -1.95. The number of hydrogen-bond donors (Lipinski definition) is 1. The van der Waals surface area contributed by atoms with Crippen molar-refractivity contribution in [1.29, 1.82) is 0 Å². The number of halogens is 1. The Bertz CT molecular complexity index is 494. The minimum absolute atomic E-state index is 0.198. The molecular formula is C12H12FN3. The molecule has 0 fully saturated rings. The molecule has 0 aliphatic heterocycles. The maximum atomic E-state index is 13.1. The van der Waals surface area contributed by atoms with E-state index in [1.54, 1.807) is 38.5 Å². The van der Waals surface area contributed by atoms with Gasteiger partial charge in [-0.3, -0.25) is 0 Å². The number of aromatic nitrogens is 2. The van der Waals surface area contributed by atoms with Gasteiger partial charge in [0, 0.05) is 25.0 Å². The van der Waals surface area contributed by atoms with E-state index in [4.69, 9.17) is 0 Å². The molecule has 0 aliphatic rings. The van der Waals surface area contributed by atoms with E-state index < -0.39 is 0 Å². The maximum absolute atomic E-state index is 13.1. The molecule has 1 aromatic carbocycles. The standard InChI is InChI=1S/C12H12FN3/c1-8-5-9(3-4-11(8)13)10-6-15-12(14-2)16-7-10/h3-7H,1-2H3,(H,14,15,16). The monoisotopic (exact) mass is 217 g/mol. The third kappa shape index (κ3) is 2.00. The average Bonchev–Trinajstić information content (AvgIpc) is 2.33. The Morgan fingerprint density at radius 1 is 1.12 bits per heavy atom. The summed E-state index contributed by atoms with van der Waals surface area (Å²) in [4.78, 5) is 8.22. The van der Waals surface area contributed by atoms with Crippen molar-refractivity contribution in [3.8, 4) is 11.1 Å². The second-order valence-electron chi connectivity index (χ2n) is 3.51. The van der Waals surface area contributed by atoms with Crippen LogP contribution in [0.25, 0.3) is 11.1 Å². The van der Waals surface area contributed by atoms with Gasteiger partial charge in [0.1, 0.15) is 5.82 Å². The summed E-state index contributed by atoms with van der Waals surface area (Å²) in [5.74, 6) is 0.374. The van der Waals surface area contributed by atoms with Crippen molar-refractivity contribution >= 4 is 5.95 Å². The Labute approximate surface area is 93.4 Å². The van der Waals surface area contributed by atoms with Crippen LogP contribution in [-0.4, -0.2) is 17.0 Å². The van der Waals surface area contributed by atoms with Crippen molar-refractivity contribution in [3.63, 3.8) is 0 Å². The van der Waals surface area contributed by atoms with Gasteiger partial charge in [0.25, 0.3) is 0 Å². The van der Waals surface area contributed by atoms with E-state index in [0.29, 0.717) is 11.5 Å². The summed E-state index contributed by atoms with van der Waals surface area (Å²) in [5.41, 5.74) is 2.42. The van der Waals surface area contributed by atoms with Gasteiger partial charge in [-0.05, 0) is 30.2 Å². The summed E-state index contributed by atoms with van der Waals surface area (Å²) in [5, 5.41) is 2.84. The lowest BCUT2D eigenvalue weighted by atomic mass is 10.1. The summed E-state index contributed by atoms with van der Waals surface area (Å²) < 4.78 is 13.1.